The van der Waals surface area contributed by atoms with Gasteiger partial charge in [0.25, 0.3) is 0 Å². The molecule has 43 heavy (non-hydrogen) atoms. The minimum atomic E-state index is -0.613. The molecule has 0 spiro atoms. The summed E-state index contributed by atoms with van der Waals surface area (Å²) in [6, 6.07) is 10.8. The van der Waals surface area contributed by atoms with Gasteiger partial charge in [0.2, 0.25) is 0 Å². The quantitative estimate of drug-likeness (QED) is 0.200. The van der Waals surface area contributed by atoms with Gasteiger partial charge in [0.15, 0.2) is 0 Å². The average Bonchev–Trinajstić information content (AvgIpc) is 2.92. The fourth-order valence-corrected chi connectivity index (χ4v) is 6.08. The van der Waals surface area contributed by atoms with E-state index in [0.29, 0.717) is 22.0 Å². The minimum Gasteiger partial charge on any atom is -0.386 e. The van der Waals surface area contributed by atoms with E-state index in [1.165, 1.54) is 25.7 Å². The lowest BCUT2D eigenvalue weighted by atomic mass is 9.67. The molecule has 2 aromatic rings. The first-order valence-electron chi connectivity index (χ1n) is 16.0. The van der Waals surface area contributed by atoms with E-state index in [0.717, 1.165) is 34.1 Å². The van der Waals surface area contributed by atoms with Crippen LogP contribution in [0.2, 0.25) is 0 Å². The van der Waals surface area contributed by atoms with Crippen LogP contribution in [0.3, 0.4) is 0 Å². The number of benzene rings is 2. The van der Waals surface area contributed by atoms with Crippen molar-refractivity contribution >= 4 is 11.9 Å². The summed E-state index contributed by atoms with van der Waals surface area (Å²) in [7, 11) is 0. The lowest BCUT2D eigenvalue weighted by Gasteiger charge is -2.38. The predicted molar refractivity (Wildman–Crippen MR) is 183 cm³/mol. The van der Waals surface area contributed by atoms with Gasteiger partial charge in [-0.05, 0) is 127 Å². The third-order valence-corrected chi connectivity index (χ3v) is 11.0. The molecule has 0 aliphatic heterocycles. The summed E-state index contributed by atoms with van der Waals surface area (Å²) in [5, 5.41) is 0. The van der Waals surface area contributed by atoms with Gasteiger partial charge in [0, 0.05) is 0 Å². The zero-order valence-corrected chi connectivity index (χ0v) is 29.7. The van der Waals surface area contributed by atoms with E-state index in [2.05, 4.69) is 69.2 Å². The third-order valence-electron chi connectivity index (χ3n) is 11.0. The fourth-order valence-electron chi connectivity index (χ4n) is 6.08. The summed E-state index contributed by atoms with van der Waals surface area (Å²) in [5.74, 6) is 0.479. The Morgan fingerprint density at radius 1 is 0.605 bits per heavy atom. The molecule has 2 atom stereocenters. The van der Waals surface area contributed by atoms with Crippen LogP contribution in [0.25, 0.3) is 0 Å². The number of rotatable bonds is 2. The van der Waals surface area contributed by atoms with Crippen LogP contribution < -0.4 is 0 Å². The number of esters is 2. The number of hydrogen-bond donors (Lipinski definition) is 0. The Kier molecular flexibility index (Phi) is 12.4. The van der Waals surface area contributed by atoms with Crippen LogP contribution in [0.1, 0.15) is 138 Å². The molecule has 0 saturated heterocycles. The second-order valence-corrected chi connectivity index (χ2v) is 14.4. The first-order chi connectivity index (χ1) is 19.8. The molecule has 3 nitrogen and oxygen atoms in total. The molecule has 236 valence electrons. The highest BCUT2D eigenvalue weighted by Crippen LogP contribution is 2.44. The minimum absolute atomic E-state index is 0.415. The largest absolute Gasteiger partial charge is 0.386 e. The van der Waals surface area contributed by atoms with Crippen molar-refractivity contribution in [3.8, 4) is 0 Å². The van der Waals surface area contributed by atoms with Crippen molar-refractivity contribution in [2.45, 2.75) is 123 Å². The van der Waals surface area contributed by atoms with Gasteiger partial charge in [-0.3, -0.25) is 0 Å². The van der Waals surface area contributed by atoms with Crippen LogP contribution in [-0.4, -0.2) is 11.9 Å². The molecule has 2 unspecified atom stereocenters. The zero-order chi connectivity index (χ0) is 32.9. The molecule has 0 radical (unpaired) electrons. The maximum Gasteiger partial charge on any atom is 0.346 e. The second-order valence-electron chi connectivity index (χ2n) is 14.4. The van der Waals surface area contributed by atoms with Gasteiger partial charge < -0.3 is 4.74 Å². The molecule has 0 heterocycles. The number of carbonyl (C=O) groups is 2. The van der Waals surface area contributed by atoms with E-state index in [4.69, 9.17) is 4.74 Å². The molecule has 4 rings (SSSR count). The molecule has 0 bridgehead atoms. The first kappa shape index (κ1) is 36.3. The van der Waals surface area contributed by atoms with Crippen molar-refractivity contribution < 1.29 is 14.3 Å². The summed E-state index contributed by atoms with van der Waals surface area (Å²) < 4.78 is 4.99. The van der Waals surface area contributed by atoms with E-state index >= 15 is 0 Å². The molecule has 0 saturated carbocycles. The lowest BCUT2D eigenvalue weighted by molar-refractivity contribution is 0.0397. The van der Waals surface area contributed by atoms with Crippen molar-refractivity contribution in [3.05, 3.63) is 92.1 Å². The van der Waals surface area contributed by atoms with E-state index in [9.17, 15) is 9.59 Å². The standard InChI is InChI=1S/C18H18O3.2C11H20/c1-11-5-7-15(13(3)9-11)17(19)21-18(20)16-8-6-12(2)10-14(16)4;2*1-8-6-7-9(2)11(4,5)10(8)3/h5-10H,1-4H3;2*9H,6-7H2,1-5H3. The Hall–Kier alpha value is -2.94. The number of ether oxygens (including phenoxy) is 1. The normalized spacial score (nSPS) is 20.8. The van der Waals surface area contributed by atoms with Crippen LogP contribution in [0, 0.1) is 50.4 Å². The molecule has 2 aromatic carbocycles. The van der Waals surface area contributed by atoms with Crippen molar-refractivity contribution in [1.29, 1.82) is 0 Å². The smallest absolute Gasteiger partial charge is 0.346 e. The molecule has 2 aliphatic rings. The van der Waals surface area contributed by atoms with Gasteiger partial charge in [0.1, 0.15) is 0 Å². The summed E-state index contributed by atoms with van der Waals surface area (Å²) in [6.45, 7) is 30.9. The fraction of sp³-hybridized carbons (Fsp3) is 0.550. The van der Waals surface area contributed by atoms with Crippen LogP contribution in [-0.2, 0) is 4.74 Å². The highest BCUT2D eigenvalue weighted by Gasteiger charge is 2.32. The number of carbonyl (C=O) groups excluding carboxylic acids is 2. The molecule has 0 aromatic heterocycles. The molecule has 0 N–H and O–H groups in total. The number of hydrogen-bond acceptors (Lipinski definition) is 3. The highest BCUT2D eigenvalue weighted by atomic mass is 16.6. The van der Waals surface area contributed by atoms with Crippen LogP contribution >= 0.6 is 0 Å². The van der Waals surface area contributed by atoms with Gasteiger partial charge in [-0.1, -0.05) is 99.2 Å². The third kappa shape index (κ3) is 9.03. The van der Waals surface area contributed by atoms with Gasteiger partial charge in [-0.2, -0.15) is 0 Å². The highest BCUT2D eigenvalue weighted by molar-refractivity contribution is 6.03. The maximum absolute atomic E-state index is 12.1. The van der Waals surface area contributed by atoms with Crippen molar-refractivity contribution in [3.63, 3.8) is 0 Å². The summed E-state index contributed by atoms with van der Waals surface area (Å²) in [5.41, 5.74) is 11.9. The van der Waals surface area contributed by atoms with E-state index in [-0.39, 0.29) is 0 Å². The Balaban J connectivity index is 0.000000247. The molecule has 3 heteroatoms. The van der Waals surface area contributed by atoms with Gasteiger partial charge in [-0.25, -0.2) is 9.59 Å². The SMILES string of the molecule is CC1=C(C)C(C)(C)C(C)CC1.CC1=C(C)C(C)(C)C(C)CC1.Cc1ccc(C(=O)OC(=O)c2ccc(C)cc2C)c(C)c1. The Morgan fingerprint density at radius 2 is 0.930 bits per heavy atom. The Morgan fingerprint density at radius 3 is 1.21 bits per heavy atom. The molecule has 2 aliphatic carbocycles. The Bertz CT molecular complexity index is 1280. The summed E-state index contributed by atoms with van der Waals surface area (Å²) in [4.78, 5) is 24.2. The van der Waals surface area contributed by atoms with Crippen molar-refractivity contribution in [2.75, 3.05) is 0 Å². The van der Waals surface area contributed by atoms with Crippen LogP contribution in [0.4, 0.5) is 0 Å². The molecule has 0 fully saturated rings. The second kappa shape index (κ2) is 14.7. The maximum atomic E-state index is 12.1. The molecular weight excluding hydrogens is 528 g/mol. The first-order valence-corrected chi connectivity index (χ1v) is 16.0. The van der Waals surface area contributed by atoms with Crippen molar-refractivity contribution in [2.24, 2.45) is 22.7 Å². The topological polar surface area (TPSA) is 43.4 Å². The number of allylic oxidation sites excluding steroid dienone is 4. The monoisotopic (exact) mass is 586 g/mol. The zero-order valence-electron chi connectivity index (χ0n) is 29.7. The number of aryl methyl sites for hydroxylation is 4. The van der Waals surface area contributed by atoms with Crippen LogP contribution in [0.5, 0.6) is 0 Å². The predicted octanol–water partition coefficient (Wildman–Crippen LogP) is 11.5. The van der Waals surface area contributed by atoms with E-state index < -0.39 is 11.9 Å². The van der Waals surface area contributed by atoms with E-state index in [1.54, 1.807) is 34.4 Å². The molecule has 0 amide bonds. The Labute approximate surface area is 263 Å². The summed E-state index contributed by atoms with van der Waals surface area (Å²) >= 11 is 0. The van der Waals surface area contributed by atoms with Gasteiger partial charge in [0.05, 0.1) is 11.1 Å². The van der Waals surface area contributed by atoms with Crippen LogP contribution in [0.15, 0.2) is 58.7 Å². The average molecular weight is 587 g/mol. The van der Waals surface area contributed by atoms with E-state index in [1.807, 2.05) is 52.0 Å². The van der Waals surface area contributed by atoms with Crippen molar-refractivity contribution in [1.82, 2.24) is 0 Å². The van der Waals surface area contributed by atoms with Gasteiger partial charge >= 0.3 is 11.9 Å². The van der Waals surface area contributed by atoms with Gasteiger partial charge in [-0.15, -0.1) is 0 Å². The molecular formula is C40H58O3. The lowest BCUT2D eigenvalue weighted by Crippen LogP contribution is -2.27. The summed E-state index contributed by atoms with van der Waals surface area (Å²) in [6.07, 6.45) is 5.37.